The Kier molecular flexibility index (Phi) is 30.8. The zero-order chi connectivity index (χ0) is 74.3. The van der Waals surface area contributed by atoms with Crippen molar-refractivity contribution in [2.45, 2.75) is 65.2 Å². The van der Waals surface area contributed by atoms with Crippen molar-refractivity contribution >= 4 is 92.7 Å². The first-order valence-corrected chi connectivity index (χ1v) is 36.4. The van der Waals surface area contributed by atoms with Gasteiger partial charge in [0.05, 0.1) is 45.6 Å². The van der Waals surface area contributed by atoms with Crippen LogP contribution >= 0.6 is 0 Å². The Labute approximate surface area is 741 Å². The molecule has 12 aromatic heterocycles. The second kappa shape index (κ2) is 41.1. The van der Waals surface area contributed by atoms with Gasteiger partial charge in [0.2, 0.25) is 0 Å². The molecule has 0 aromatic carbocycles. The molecular weight excluding hydrogens is 1850 g/mol. The fourth-order valence-corrected chi connectivity index (χ4v) is 12.7. The molecule has 12 aromatic rings. The van der Waals surface area contributed by atoms with Crippen molar-refractivity contribution < 1.29 is 125 Å². The van der Waals surface area contributed by atoms with E-state index in [1.807, 2.05) is 235 Å². The SMILES string of the molecule is CCCCCc1c2nc(c(C#Cc3cccc[n+]3C)c3ccc([n-]3)c(C#Cc3cccc[n+]3C)c3nc(c(C#Cc4cccc[n+]4C)c4ccc1[n-]4)C=C3)C=C2.CCCCCc1c2nc(c(C#Cc3ccccn3)c3ccc([n-]3)c(C#Cc3ccccn3)c3nc(c(C#Cc4ccccn4)c4ccc1[n-]4)C=C3)C=C2.[I-].[I-].[I-].[Zn+2].[Zn+2]. The molecule has 4 aliphatic heterocycles. The first-order chi connectivity index (χ1) is 53.7. The van der Waals surface area contributed by atoms with Gasteiger partial charge in [-0.2, -0.15) is 13.7 Å². The van der Waals surface area contributed by atoms with Crippen molar-refractivity contribution in [2.24, 2.45) is 21.1 Å². The summed E-state index contributed by atoms with van der Waals surface area (Å²) in [5.41, 5.74) is 22.9. The van der Waals surface area contributed by atoms with Crippen LogP contribution in [0, 0.1) is 71.0 Å². The van der Waals surface area contributed by atoms with Crippen molar-refractivity contribution in [1.29, 1.82) is 0 Å². The third-order valence-electron chi connectivity index (χ3n) is 18.5. The number of pyridine rings is 6. The molecule has 4 aliphatic rings. The molecule has 16 heterocycles. The van der Waals surface area contributed by atoms with Crippen LogP contribution in [0.2, 0.25) is 0 Å². The Hall–Kier alpha value is -11.1. The van der Waals surface area contributed by atoms with E-state index in [0.717, 1.165) is 136 Å². The molecule has 0 aliphatic carbocycles. The minimum atomic E-state index is 0. The molecule has 0 radical (unpaired) electrons. The van der Waals surface area contributed by atoms with E-state index in [9.17, 15) is 0 Å². The molecule has 0 N–H and O–H groups in total. The Morgan fingerprint density at radius 2 is 0.518 bits per heavy atom. The van der Waals surface area contributed by atoms with E-state index in [-0.39, 0.29) is 111 Å². The maximum Gasteiger partial charge on any atom is 2.00 e. The second-order valence-corrected chi connectivity index (χ2v) is 26.1. The first-order valence-electron chi connectivity index (χ1n) is 36.4. The van der Waals surface area contributed by atoms with E-state index in [2.05, 4.69) is 124 Å². The number of nitrogens with zero attached hydrogens (tertiary/aromatic N) is 14. The molecule has 0 atom stereocenters. The molecule has 0 spiro atoms. The van der Waals surface area contributed by atoms with Crippen LogP contribution in [0.1, 0.15) is 177 Å². The van der Waals surface area contributed by atoms with Crippen LogP contribution < -0.4 is 106 Å². The summed E-state index contributed by atoms with van der Waals surface area (Å²) in [6, 6.07) is 51.1. The number of halogens is 3. The number of aromatic nitrogens is 14. The van der Waals surface area contributed by atoms with Gasteiger partial charge in [-0.05, 0) is 158 Å². The summed E-state index contributed by atoms with van der Waals surface area (Å²) in [4.78, 5) is 54.8. The van der Waals surface area contributed by atoms with Gasteiger partial charge in [-0.3, -0.25) is 0 Å². The fraction of sp³-hybridized carbons (Fsp3) is 0.137. The van der Waals surface area contributed by atoms with Gasteiger partial charge in [0.15, 0.2) is 18.6 Å². The molecule has 0 unspecified atom stereocenters. The van der Waals surface area contributed by atoms with Crippen LogP contribution in [0.5, 0.6) is 0 Å². The van der Waals surface area contributed by atoms with Crippen molar-refractivity contribution in [3.8, 4) is 71.0 Å². The molecule has 14 nitrogen and oxygen atoms in total. The van der Waals surface area contributed by atoms with Gasteiger partial charge in [-0.25, -0.2) is 34.9 Å². The van der Waals surface area contributed by atoms with Crippen LogP contribution in [-0.2, 0) is 72.9 Å². The minimum absolute atomic E-state index is 0. The Balaban J connectivity index is 0.000000231. The van der Waals surface area contributed by atoms with Gasteiger partial charge in [0.1, 0.15) is 38.2 Å². The maximum absolute atomic E-state index is 5.25. The third-order valence-corrected chi connectivity index (χ3v) is 18.5. The van der Waals surface area contributed by atoms with Crippen LogP contribution in [0.15, 0.2) is 195 Å². The van der Waals surface area contributed by atoms with E-state index >= 15 is 0 Å². The van der Waals surface area contributed by atoms with Crippen LogP contribution in [0.25, 0.3) is 92.7 Å². The largest absolute Gasteiger partial charge is 2.00 e. The number of fused-ring (bicyclic) bond motifs is 16. The van der Waals surface area contributed by atoms with Crippen LogP contribution in [-0.4, -0.2) is 34.9 Å². The molecule has 0 fully saturated rings. The average molecular weight is 1920 g/mol. The number of aryl methyl sites for hydroxylation is 5. The zero-order valence-corrected chi connectivity index (χ0v) is 76.0. The van der Waals surface area contributed by atoms with Crippen molar-refractivity contribution in [2.75, 3.05) is 0 Å². The summed E-state index contributed by atoms with van der Waals surface area (Å²) in [5, 5.41) is 0. The smallest absolute Gasteiger partial charge is 1.00 e. The van der Waals surface area contributed by atoms with Gasteiger partial charge in [-0.1, -0.05) is 142 Å². The Morgan fingerprint density at radius 3 is 0.781 bits per heavy atom. The van der Waals surface area contributed by atoms with Gasteiger partial charge >= 0.3 is 39.0 Å². The molecule has 0 amide bonds. The fourth-order valence-electron chi connectivity index (χ4n) is 12.7. The topological polar surface area (TPSA) is 158 Å². The summed E-state index contributed by atoms with van der Waals surface area (Å²) in [6.45, 7) is 4.43. The molecular formula is C95H71I3N14Zn2. The summed E-state index contributed by atoms with van der Waals surface area (Å²) in [5.74, 6) is 40.3. The molecule has 16 rings (SSSR count). The quantitative estimate of drug-likeness (QED) is 0.0635. The molecule has 0 saturated carbocycles. The Morgan fingerprint density at radius 1 is 0.272 bits per heavy atom. The van der Waals surface area contributed by atoms with Crippen molar-refractivity contribution in [1.82, 2.24) is 54.8 Å². The second-order valence-electron chi connectivity index (χ2n) is 26.1. The molecule has 16 bridgehead atoms. The molecule has 19 heteroatoms. The first kappa shape index (κ1) is 85.3. The predicted octanol–water partition coefficient (Wildman–Crippen LogP) is 5.36. The van der Waals surface area contributed by atoms with E-state index in [0.29, 0.717) is 84.2 Å². The van der Waals surface area contributed by atoms with E-state index in [1.54, 1.807) is 18.6 Å². The standard InChI is InChI=1S/C49H40N7.C46H31N7.3HI.2Zn/c1-5-6-7-17-38-42-24-26-44(50-42)39(21-18-35-14-8-11-32-54(35)2)46-28-30-48(52-46)41(23-20-37-16-10-13-34-56(37)4)49-31-29-47(53-49)40(45-27-25-43(38)51-45)22-19-36-15-9-12-33-55(36)3;1-2-3-4-14-35-39-21-23-41(50-39)36(18-15-32-11-5-8-29-47-32)43-25-27-45(52-43)38(20-17-34-13-7-10-31-49-34)46-28-26-44(53-46)37(42-24-22-40(35)51-42)19-16-33-12-6-9-30-48-33;;;;;/h8-16,24-34H,5-7,17H2,1-4H3;5-13,21-31H,2-4,14H2,1H3;3*1H;;/q+1;-2;;;;2*+2/p-3. The summed E-state index contributed by atoms with van der Waals surface area (Å²) in [6.07, 6.45) is 35.5. The molecule has 114 heavy (non-hydrogen) atoms. The number of unbranched alkanes of at least 4 members (excludes halogenated alkanes) is 4. The molecule has 546 valence electrons. The van der Waals surface area contributed by atoms with E-state index in [1.165, 1.54) is 0 Å². The maximum atomic E-state index is 5.25. The monoisotopic (exact) mass is 1920 g/mol. The normalized spacial score (nSPS) is 10.7. The number of hydrogen-bond acceptors (Lipinski definition) is 7. The summed E-state index contributed by atoms with van der Waals surface area (Å²) in [7, 11) is 5.97. The summed E-state index contributed by atoms with van der Waals surface area (Å²) >= 11 is 0. The number of rotatable bonds is 8. The van der Waals surface area contributed by atoms with Crippen LogP contribution in [0.4, 0.5) is 0 Å². The minimum Gasteiger partial charge on any atom is -1.00 e. The summed E-state index contributed by atoms with van der Waals surface area (Å²) < 4.78 is 6.01. The van der Waals surface area contributed by atoms with E-state index < -0.39 is 0 Å². The number of hydrogen-bond donors (Lipinski definition) is 0. The van der Waals surface area contributed by atoms with Gasteiger partial charge in [0, 0.05) is 106 Å². The molecule has 0 saturated heterocycles. The predicted molar refractivity (Wildman–Crippen MR) is 431 cm³/mol. The Bertz CT molecular complexity index is 6380. The average Bonchev–Trinajstić information content (AvgIpc) is 1.64. The van der Waals surface area contributed by atoms with Gasteiger partial charge in [-0.15, -0.1) is 44.1 Å². The van der Waals surface area contributed by atoms with Crippen molar-refractivity contribution in [3.63, 3.8) is 0 Å². The third kappa shape index (κ3) is 20.4. The van der Waals surface area contributed by atoms with E-state index in [4.69, 9.17) is 39.9 Å². The van der Waals surface area contributed by atoms with Gasteiger partial charge < -0.3 is 91.9 Å². The zero-order valence-electron chi connectivity index (χ0n) is 63.6. The van der Waals surface area contributed by atoms with Gasteiger partial charge in [0.25, 0.3) is 17.1 Å². The van der Waals surface area contributed by atoms with Crippen LogP contribution in [0.3, 0.4) is 0 Å². The van der Waals surface area contributed by atoms with Crippen molar-refractivity contribution in [3.05, 3.63) is 319 Å².